The van der Waals surface area contributed by atoms with Gasteiger partial charge in [-0.25, -0.2) is 0 Å². The van der Waals surface area contributed by atoms with Crippen molar-refractivity contribution in [3.05, 3.63) is 39.9 Å². The van der Waals surface area contributed by atoms with E-state index in [0.29, 0.717) is 5.75 Å². The minimum absolute atomic E-state index is 0.0173. The van der Waals surface area contributed by atoms with Crippen LogP contribution in [0, 0.1) is 10.1 Å². The van der Waals surface area contributed by atoms with E-state index in [9.17, 15) is 14.9 Å². The number of carboxylic acids is 1. The second-order valence-electron chi connectivity index (χ2n) is 3.62. The first kappa shape index (κ1) is 11.9. The summed E-state index contributed by atoms with van der Waals surface area (Å²) in [5, 5.41) is 22.2. The Morgan fingerprint density at radius 3 is 2.94 bits per heavy atom. The second kappa shape index (κ2) is 4.72. The number of nitro groups is 1. The Balaban J connectivity index is 2.16. The van der Waals surface area contributed by atoms with Gasteiger partial charge in [-0.15, -0.1) is 11.8 Å². The van der Waals surface area contributed by atoms with Gasteiger partial charge in [0.15, 0.2) is 0 Å². The van der Waals surface area contributed by atoms with Crippen LogP contribution in [0.25, 0.3) is 0 Å². The van der Waals surface area contributed by atoms with Crippen molar-refractivity contribution in [2.24, 2.45) is 0 Å². The molecule has 0 aromatic heterocycles. The summed E-state index contributed by atoms with van der Waals surface area (Å²) in [7, 11) is 0. The van der Waals surface area contributed by atoms with Crippen molar-refractivity contribution in [3.8, 4) is 0 Å². The van der Waals surface area contributed by atoms with Crippen molar-refractivity contribution >= 4 is 23.4 Å². The van der Waals surface area contributed by atoms with E-state index in [1.54, 1.807) is 12.1 Å². The van der Waals surface area contributed by atoms with Gasteiger partial charge in [-0.05, 0) is 5.56 Å². The van der Waals surface area contributed by atoms with E-state index < -0.39 is 16.9 Å². The fourth-order valence-electron chi connectivity index (χ4n) is 1.61. The first-order chi connectivity index (χ1) is 8.08. The zero-order chi connectivity index (χ0) is 12.4. The van der Waals surface area contributed by atoms with Crippen LogP contribution < -0.4 is 5.32 Å². The van der Waals surface area contributed by atoms with Crippen LogP contribution in [0.2, 0.25) is 0 Å². The van der Waals surface area contributed by atoms with Crippen LogP contribution in [0.15, 0.2) is 24.3 Å². The Labute approximate surface area is 101 Å². The number of carbonyl (C=O) groups is 1. The third-order valence-corrected chi connectivity index (χ3v) is 3.73. The van der Waals surface area contributed by atoms with Crippen molar-refractivity contribution in [3.63, 3.8) is 0 Å². The molecule has 2 N–H and O–H groups in total. The molecule has 17 heavy (non-hydrogen) atoms. The van der Waals surface area contributed by atoms with E-state index in [-0.39, 0.29) is 11.1 Å². The standard InChI is InChI=1S/C10H10N2O4S/c13-10(14)8-5-17-9(11-8)6-2-1-3-7(4-6)12(15)16/h1-4,8-9,11H,5H2,(H,13,14)/t8-,9+/m1/s1. The number of carboxylic acid groups (broad SMARTS) is 1. The normalized spacial score (nSPS) is 23.5. The molecule has 0 saturated carbocycles. The molecule has 0 amide bonds. The molecule has 1 fully saturated rings. The molecular weight excluding hydrogens is 244 g/mol. The highest BCUT2D eigenvalue weighted by Crippen LogP contribution is 2.33. The van der Waals surface area contributed by atoms with Gasteiger partial charge in [-0.3, -0.25) is 20.2 Å². The average molecular weight is 254 g/mol. The number of nitrogens with zero attached hydrogens (tertiary/aromatic N) is 1. The van der Waals surface area contributed by atoms with Crippen LogP contribution in [0.1, 0.15) is 10.9 Å². The van der Waals surface area contributed by atoms with Gasteiger partial charge >= 0.3 is 5.97 Å². The van der Waals surface area contributed by atoms with Crippen LogP contribution in [-0.2, 0) is 4.79 Å². The van der Waals surface area contributed by atoms with E-state index in [1.165, 1.54) is 23.9 Å². The molecule has 2 atom stereocenters. The van der Waals surface area contributed by atoms with Crippen molar-refractivity contribution in [1.29, 1.82) is 0 Å². The van der Waals surface area contributed by atoms with Gasteiger partial charge in [0.05, 0.1) is 10.3 Å². The Bertz CT molecular complexity index is 465. The predicted molar refractivity (Wildman–Crippen MR) is 62.9 cm³/mol. The third kappa shape index (κ3) is 2.56. The van der Waals surface area contributed by atoms with Gasteiger partial charge in [0.1, 0.15) is 6.04 Å². The van der Waals surface area contributed by atoms with E-state index in [1.807, 2.05) is 0 Å². The number of benzene rings is 1. The summed E-state index contributed by atoms with van der Waals surface area (Å²) in [5.41, 5.74) is 0.747. The summed E-state index contributed by atoms with van der Waals surface area (Å²) in [6.45, 7) is 0. The summed E-state index contributed by atoms with van der Waals surface area (Å²) in [5.74, 6) is -0.437. The quantitative estimate of drug-likeness (QED) is 0.625. The molecule has 2 rings (SSSR count). The zero-order valence-electron chi connectivity index (χ0n) is 8.70. The third-order valence-electron chi connectivity index (χ3n) is 2.46. The highest BCUT2D eigenvalue weighted by molar-refractivity contribution is 7.99. The van der Waals surface area contributed by atoms with Crippen LogP contribution >= 0.6 is 11.8 Å². The first-order valence-electron chi connectivity index (χ1n) is 4.93. The molecule has 1 saturated heterocycles. The van der Waals surface area contributed by atoms with Gasteiger partial charge in [0.2, 0.25) is 0 Å². The maximum atomic E-state index is 10.8. The van der Waals surface area contributed by atoms with Crippen LogP contribution in [0.5, 0.6) is 0 Å². The number of hydrogen-bond acceptors (Lipinski definition) is 5. The number of nitro benzene ring substituents is 1. The van der Waals surface area contributed by atoms with Crippen molar-refractivity contribution < 1.29 is 14.8 Å². The molecular formula is C10H10N2O4S. The largest absolute Gasteiger partial charge is 0.480 e. The maximum Gasteiger partial charge on any atom is 0.321 e. The number of rotatable bonds is 3. The predicted octanol–water partition coefficient (Wildman–Crippen LogP) is 1.38. The molecule has 1 aromatic carbocycles. The van der Waals surface area contributed by atoms with E-state index in [0.717, 1.165) is 5.56 Å². The minimum atomic E-state index is -0.898. The zero-order valence-corrected chi connectivity index (χ0v) is 9.52. The van der Waals surface area contributed by atoms with Crippen LogP contribution in [-0.4, -0.2) is 27.8 Å². The van der Waals surface area contributed by atoms with Gasteiger partial charge in [0, 0.05) is 17.9 Å². The molecule has 90 valence electrons. The fourth-order valence-corrected chi connectivity index (χ4v) is 2.83. The Morgan fingerprint density at radius 2 is 2.35 bits per heavy atom. The van der Waals surface area contributed by atoms with E-state index >= 15 is 0 Å². The maximum absolute atomic E-state index is 10.8. The molecule has 0 unspecified atom stereocenters. The highest BCUT2D eigenvalue weighted by atomic mass is 32.2. The molecule has 0 aliphatic carbocycles. The second-order valence-corrected chi connectivity index (χ2v) is 4.76. The van der Waals surface area contributed by atoms with Gasteiger partial charge in [0.25, 0.3) is 5.69 Å². The molecule has 1 aliphatic rings. The SMILES string of the molecule is O=C(O)[C@H]1CS[C@@H](c2cccc([N+](=O)[O-])c2)N1. The first-order valence-corrected chi connectivity index (χ1v) is 5.97. The average Bonchev–Trinajstić information content (AvgIpc) is 2.78. The lowest BCUT2D eigenvalue weighted by atomic mass is 10.2. The topological polar surface area (TPSA) is 92.5 Å². The van der Waals surface area contributed by atoms with Crippen LogP contribution in [0.3, 0.4) is 0 Å². The summed E-state index contributed by atoms with van der Waals surface area (Å²) in [6, 6.07) is 5.64. The number of thioether (sulfide) groups is 1. The smallest absolute Gasteiger partial charge is 0.321 e. The van der Waals surface area contributed by atoms with Crippen molar-refractivity contribution in [2.45, 2.75) is 11.4 Å². The minimum Gasteiger partial charge on any atom is -0.480 e. The van der Waals surface area contributed by atoms with E-state index in [2.05, 4.69) is 5.32 Å². The van der Waals surface area contributed by atoms with Gasteiger partial charge < -0.3 is 5.11 Å². The number of nitrogens with one attached hydrogen (secondary N) is 1. The summed E-state index contributed by atoms with van der Waals surface area (Å²) in [6.07, 6.45) is 0. The lowest BCUT2D eigenvalue weighted by molar-refractivity contribution is -0.384. The van der Waals surface area contributed by atoms with Crippen molar-refractivity contribution in [2.75, 3.05) is 5.75 Å². The molecule has 1 aliphatic heterocycles. The van der Waals surface area contributed by atoms with Gasteiger partial charge in [-0.2, -0.15) is 0 Å². The van der Waals surface area contributed by atoms with Gasteiger partial charge in [-0.1, -0.05) is 12.1 Å². The Kier molecular flexibility index (Phi) is 3.30. The molecule has 1 heterocycles. The molecule has 7 heteroatoms. The molecule has 6 nitrogen and oxygen atoms in total. The molecule has 0 bridgehead atoms. The monoisotopic (exact) mass is 254 g/mol. The lowest BCUT2D eigenvalue weighted by Gasteiger charge is -2.10. The fraction of sp³-hybridized carbons (Fsp3) is 0.300. The number of non-ortho nitro benzene ring substituents is 1. The lowest BCUT2D eigenvalue weighted by Crippen LogP contribution is -2.33. The molecule has 1 aromatic rings. The van der Waals surface area contributed by atoms with Crippen LogP contribution in [0.4, 0.5) is 5.69 Å². The van der Waals surface area contributed by atoms with Crippen molar-refractivity contribution in [1.82, 2.24) is 5.32 Å². The summed E-state index contributed by atoms with van der Waals surface area (Å²) in [4.78, 5) is 20.9. The molecule has 0 radical (unpaired) electrons. The summed E-state index contributed by atoms with van der Waals surface area (Å²) >= 11 is 1.44. The molecule has 0 spiro atoms. The number of hydrogen-bond donors (Lipinski definition) is 2. The summed E-state index contributed by atoms with van der Waals surface area (Å²) < 4.78 is 0. The number of aliphatic carboxylic acids is 1. The Hall–Kier alpha value is -1.60. The Morgan fingerprint density at radius 1 is 1.59 bits per heavy atom. The van der Waals surface area contributed by atoms with E-state index in [4.69, 9.17) is 5.11 Å². The highest BCUT2D eigenvalue weighted by Gasteiger charge is 2.30.